The Bertz CT molecular complexity index is 440. The van der Waals surface area contributed by atoms with E-state index < -0.39 is 10.8 Å². The molecule has 0 radical (unpaired) electrons. The van der Waals surface area contributed by atoms with Gasteiger partial charge in [0.15, 0.2) is 0 Å². The predicted octanol–water partition coefficient (Wildman–Crippen LogP) is 1.46. The van der Waals surface area contributed by atoms with E-state index in [1.54, 1.807) is 0 Å². The first-order valence-electron chi connectivity index (χ1n) is 6.98. The number of aryl methyl sites for hydroxylation is 1. The molecule has 1 aliphatic rings. The fraction of sp³-hybridized carbons (Fsp3) is 0.643. The SMILES string of the molecule is CCCNCc1ccc(N2CCS(=O)CC2)nc1C. The zero-order valence-corrected chi connectivity index (χ0v) is 12.6. The molecule has 1 fully saturated rings. The summed E-state index contributed by atoms with van der Waals surface area (Å²) in [6.07, 6.45) is 1.15. The quantitative estimate of drug-likeness (QED) is 0.830. The molecule has 0 aliphatic carbocycles. The van der Waals surface area contributed by atoms with E-state index in [1.165, 1.54) is 5.56 Å². The van der Waals surface area contributed by atoms with Crippen LogP contribution in [0.4, 0.5) is 5.82 Å². The summed E-state index contributed by atoms with van der Waals surface area (Å²) < 4.78 is 11.4. The number of nitrogens with zero attached hydrogens (tertiary/aromatic N) is 2. The van der Waals surface area contributed by atoms with E-state index in [4.69, 9.17) is 0 Å². The van der Waals surface area contributed by atoms with Gasteiger partial charge in [-0.05, 0) is 31.5 Å². The maximum atomic E-state index is 11.4. The van der Waals surface area contributed by atoms with Crippen LogP contribution in [0.1, 0.15) is 24.6 Å². The molecule has 0 amide bonds. The monoisotopic (exact) mass is 281 g/mol. The van der Waals surface area contributed by atoms with Crippen molar-refractivity contribution >= 4 is 16.6 Å². The molecule has 2 heterocycles. The summed E-state index contributed by atoms with van der Waals surface area (Å²) in [4.78, 5) is 6.92. The van der Waals surface area contributed by atoms with Crippen LogP contribution in [0.2, 0.25) is 0 Å². The summed E-state index contributed by atoms with van der Waals surface area (Å²) >= 11 is 0. The highest BCUT2D eigenvalue weighted by molar-refractivity contribution is 7.85. The maximum Gasteiger partial charge on any atom is 0.128 e. The zero-order chi connectivity index (χ0) is 13.7. The van der Waals surface area contributed by atoms with Crippen LogP contribution in [0.5, 0.6) is 0 Å². The van der Waals surface area contributed by atoms with E-state index in [1.807, 2.05) is 0 Å². The lowest BCUT2D eigenvalue weighted by Crippen LogP contribution is -2.38. The fourth-order valence-electron chi connectivity index (χ4n) is 2.21. The van der Waals surface area contributed by atoms with Crippen LogP contribution < -0.4 is 10.2 Å². The van der Waals surface area contributed by atoms with Crippen LogP contribution in [0.3, 0.4) is 0 Å². The average Bonchev–Trinajstić information content (AvgIpc) is 2.42. The van der Waals surface area contributed by atoms with Gasteiger partial charge in [0.1, 0.15) is 5.82 Å². The van der Waals surface area contributed by atoms with E-state index in [0.717, 1.165) is 55.6 Å². The van der Waals surface area contributed by atoms with Crippen LogP contribution in [0.25, 0.3) is 0 Å². The number of anilines is 1. The van der Waals surface area contributed by atoms with Gasteiger partial charge in [-0.25, -0.2) is 4.98 Å². The molecule has 19 heavy (non-hydrogen) atoms. The molecule has 5 heteroatoms. The second-order valence-electron chi connectivity index (χ2n) is 4.93. The van der Waals surface area contributed by atoms with Crippen molar-refractivity contribution in [2.24, 2.45) is 0 Å². The minimum atomic E-state index is -0.629. The predicted molar refractivity (Wildman–Crippen MR) is 81.1 cm³/mol. The van der Waals surface area contributed by atoms with Crippen molar-refractivity contribution in [1.29, 1.82) is 0 Å². The third-order valence-electron chi connectivity index (χ3n) is 3.42. The van der Waals surface area contributed by atoms with Gasteiger partial charge in [-0.3, -0.25) is 4.21 Å². The molecule has 1 aliphatic heterocycles. The molecular weight excluding hydrogens is 258 g/mol. The molecule has 1 saturated heterocycles. The van der Waals surface area contributed by atoms with E-state index in [9.17, 15) is 4.21 Å². The summed E-state index contributed by atoms with van der Waals surface area (Å²) in [5.74, 6) is 2.55. The second-order valence-corrected chi connectivity index (χ2v) is 6.62. The standard InChI is InChI=1S/C14H23N3OS/c1-3-6-15-11-13-4-5-14(16-12(13)2)17-7-9-19(18)10-8-17/h4-5,15H,3,6-11H2,1-2H3. The number of hydrogen-bond donors (Lipinski definition) is 1. The van der Waals surface area contributed by atoms with Crippen molar-refractivity contribution in [1.82, 2.24) is 10.3 Å². The molecule has 0 unspecified atom stereocenters. The van der Waals surface area contributed by atoms with Crippen molar-refractivity contribution in [3.8, 4) is 0 Å². The largest absolute Gasteiger partial charge is 0.355 e. The summed E-state index contributed by atoms with van der Waals surface area (Å²) in [5.41, 5.74) is 2.35. The maximum absolute atomic E-state index is 11.4. The normalized spacial score (nSPS) is 16.8. The Morgan fingerprint density at radius 3 is 2.74 bits per heavy atom. The lowest BCUT2D eigenvalue weighted by atomic mass is 10.2. The highest BCUT2D eigenvalue weighted by Gasteiger charge is 2.16. The van der Waals surface area contributed by atoms with Gasteiger partial charge >= 0.3 is 0 Å². The molecule has 0 aromatic carbocycles. The van der Waals surface area contributed by atoms with Crippen molar-refractivity contribution in [2.45, 2.75) is 26.8 Å². The molecule has 1 aromatic rings. The molecular formula is C14H23N3OS. The average molecular weight is 281 g/mol. The fourth-order valence-corrected chi connectivity index (χ4v) is 3.26. The van der Waals surface area contributed by atoms with Gasteiger partial charge in [0.25, 0.3) is 0 Å². The lowest BCUT2D eigenvalue weighted by Gasteiger charge is -2.27. The lowest BCUT2D eigenvalue weighted by molar-refractivity contribution is 0.668. The smallest absolute Gasteiger partial charge is 0.128 e. The Kier molecular flexibility index (Phi) is 5.34. The summed E-state index contributed by atoms with van der Waals surface area (Å²) in [6, 6.07) is 4.25. The highest BCUT2D eigenvalue weighted by Crippen LogP contribution is 2.16. The van der Waals surface area contributed by atoms with Gasteiger partial charge in [0.2, 0.25) is 0 Å². The number of nitrogens with one attached hydrogen (secondary N) is 1. The molecule has 2 rings (SSSR count). The molecule has 0 atom stereocenters. The van der Waals surface area contributed by atoms with Gasteiger partial charge in [-0.2, -0.15) is 0 Å². The minimum absolute atomic E-state index is 0.629. The van der Waals surface area contributed by atoms with Crippen molar-refractivity contribution in [3.63, 3.8) is 0 Å². The zero-order valence-electron chi connectivity index (χ0n) is 11.8. The van der Waals surface area contributed by atoms with Gasteiger partial charge in [0, 0.05) is 47.6 Å². The first-order chi connectivity index (χ1) is 9.20. The molecule has 0 saturated carbocycles. The van der Waals surface area contributed by atoms with Crippen molar-refractivity contribution in [3.05, 3.63) is 23.4 Å². The Hall–Kier alpha value is -0.940. The van der Waals surface area contributed by atoms with E-state index in [0.29, 0.717) is 0 Å². The van der Waals surface area contributed by atoms with Crippen LogP contribution in [-0.2, 0) is 17.3 Å². The van der Waals surface area contributed by atoms with E-state index in [2.05, 4.69) is 41.2 Å². The van der Waals surface area contributed by atoms with E-state index >= 15 is 0 Å². The van der Waals surface area contributed by atoms with Gasteiger partial charge < -0.3 is 10.2 Å². The van der Waals surface area contributed by atoms with Crippen molar-refractivity contribution < 1.29 is 4.21 Å². The van der Waals surface area contributed by atoms with Crippen molar-refractivity contribution in [2.75, 3.05) is 36.0 Å². The highest BCUT2D eigenvalue weighted by atomic mass is 32.2. The molecule has 4 nitrogen and oxygen atoms in total. The van der Waals surface area contributed by atoms with Gasteiger partial charge in [-0.15, -0.1) is 0 Å². The molecule has 0 spiro atoms. The van der Waals surface area contributed by atoms with E-state index in [-0.39, 0.29) is 0 Å². The number of rotatable bonds is 5. The van der Waals surface area contributed by atoms with Crippen LogP contribution in [-0.4, -0.2) is 40.3 Å². The summed E-state index contributed by atoms with van der Waals surface area (Å²) in [6.45, 7) is 7.87. The second kappa shape index (κ2) is 7.01. The topological polar surface area (TPSA) is 45.2 Å². The Labute approximate surface area is 118 Å². The summed E-state index contributed by atoms with van der Waals surface area (Å²) in [5, 5.41) is 3.40. The Morgan fingerprint density at radius 1 is 1.37 bits per heavy atom. The molecule has 1 aromatic heterocycles. The Morgan fingerprint density at radius 2 is 2.11 bits per heavy atom. The number of aromatic nitrogens is 1. The molecule has 1 N–H and O–H groups in total. The van der Waals surface area contributed by atoms with Crippen LogP contribution in [0.15, 0.2) is 12.1 Å². The third kappa shape index (κ3) is 4.01. The van der Waals surface area contributed by atoms with Crippen LogP contribution in [0, 0.1) is 6.92 Å². The Balaban J connectivity index is 1.99. The molecule has 0 bridgehead atoms. The molecule has 106 valence electrons. The third-order valence-corrected chi connectivity index (χ3v) is 4.70. The first-order valence-corrected chi connectivity index (χ1v) is 8.46. The number of hydrogen-bond acceptors (Lipinski definition) is 4. The van der Waals surface area contributed by atoms with Gasteiger partial charge in [-0.1, -0.05) is 13.0 Å². The number of pyridine rings is 1. The van der Waals surface area contributed by atoms with Gasteiger partial charge in [0.05, 0.1) is 0 Å². The minimum Gasteiger partial charge on any atom is -0.355 e. The van der Waals surface area contributed by atoms with Crippen LogP contribution >= 0.6 is 0 Å². The summed E-state index contributed by atoms with van der Waals surface area (Å²) in [7, 11) is -0.629. The first kappa shape index (κ1) is 14.5.